The van der Waals surface area contributed by atoms with Crippen LogP contribution in [0.5, 0.6) is 5.75 Å². The van der Waals surface area contributed by atoms with Crippen molar-refractivity contribution in [2.75, 3.05) is 0 Å². The van der Waals surface area contributed by atoms with Crippen molar-refractivity contribution >= 4 is 5.91 Å². The molecule has 0 bridgehead atoms. The predicted octanol–water partition coefficient (Wildman–Crippen LogP) is 3.64. The molecule has 2 aromatic rings. The first-order valence-electron chi connectivity index (χ1n) is 8.20. The molecule has 0 aliphatic carbocycles. The second-order valence-corrected chi connectivity index (χ2v) is 5.86. The number of halogens is 3. The van der Waals surface area contributed by atoms with Gasteiger partial charge in [0.15, 0.2) is 0 Å². The van der Waals surface area contributed by atoms with Crippen LogP contribution in [-0.4, -0.2) is 11.9 Å². The van der Waals surface area contributed by atoms with Gasteiger partial charge in [-0.1, -0.05) is 31.2 Å². The minimum absolute atomic E-state index is 0.166. The summed E-state index contributed by atoms with van der Waals surface area (Å²) in [5.41, 5.74) is 6.49. The standard InChI is InChI=1S/C19H21F3N2O2/c1-2-17(23)18(25)24-11-13-5-9-16(10-6-13)26-12-14-3-7-15(8-4-14)19(20,21)22/h3-10,17H,2,11-12,23H2,1H3,(H,24,25)/t17-/m0/s1. The second kappa shape index (κ2) is 8.71. The van der Waals surface area contributed by atoms with Gasteiger partial charge < -0.3 is 15.8 Å². The van der Waals surface area contributed by atoms with Crippen LogP contribution in [0.15, 0.2) is 48.5 Å². The molecule has 1 amide bonds. The average molecular weight is 366 g/mol. The zero-order valence-electron chi connectivity index (χ0n) is 14.3. The smallest absolute Gasteiger partial charge is 0.416 e. The van der Waals surface area contributed by atoms with E-state index >= 15 is 0 Å². The maximum Gasteiger partial charge on any atom is 0.416 e. The fourth-order valence-corrected chi connectivity index (χ4v) is 2.17. The Morgan fingerprint density at radius 2 is 1.65 bits per heavy atom. The van der Waals surface area contributed by atoms with E-state index < -0.39 is 17.8 Å². The van der Waals surface area contributed by atoms with Gasteiger partial charge in [-0.3, -0.25) is 4.79 Å². The molecule has 0 radical (unpaired) electrons. The molecule has 2 aromatic carbocycles. The van der Waals surface area contributed by atoms with Gasteiger partial charge in [-0.2, -0.15) is 13.2 Å². The molecule has 4 nitrogen and oxygen atoms in total. The zero-order valence-corrected chi connectivity index (χ0v) is 14.3. The molecule has 7 heteroatoms. The monoisotopic (exact) mass is 366 g/mol. The van der Waals surface area contributed by atoms with E-state index in [2.05, 4.69) is 5.32 Å². The van der Waals surface area contributed by atoms with E-state index in [1.54, 1.807) is 24.3 Å². The summed E-state index contributed by atoms with van der Waals surface area (Å²) in [4.78, 5) is 11.6. The molecule has 0 saturated heterocycles. The summed E-state index contributed by atoms with van der Waals surface area (Å²) in [5, 5.41) is 2.75. The number of rotatable bonds is 7. The molecule has 0 spiro atoms. The molecule has 0 aliphatic heterocycles. The van der Waals surface area contributed by atoms with Crippen molar-refractivity contribution in [1.29, 1.82) is 0 Å². The number of nitrogens with two attached hydrogens (primary N) is 1. The molecule has 0 aliphatic rings. The number of carbonyl (C=O) groups excluding carboxylic acids is 1. The fourth-order valence-electron chi connectivity index (χ4n) is 2.17. The van der Waals surface area contributed by atoms with Crippen molar-refractivity contribution in [3.8, 4) is 5.75 Å². The van der Waals surface area contributed by atoms with Crippen molar-refractivity contribution in [1.82, 2.24) is 5.32 Å². The molecule has 0 heterocycles. The Balaban J connectivity index is 1.84. The van der Waals surface area contributed by atoms with E-state index in [1.807, 2.05) is 6.92 Å². The Kier molecular flexibility index (Phi) is 6.63. The Morgan fingerprint density at radius 1 is 1.08 bits per heavy atom. The number of amides is 1. The van der Waals surface area contributed by atoms with E-state index in [9.17, 15) is 18.0 Å². The molecule has 0 saturated carbocycles. The highest BCUT2D eigenvalue weighted by atomic mass is 19.4. The number of alkyl halides is 3. The van der Waals surface area contributed by atoms with Gasteiger partial charge in [0, 0.05) is 6.54 Å². The van der Waals surface area contributed by atoms with Crippen LogP contribution >= 0.6 is 0 Å². The van der Waals surface area contributed by atoms with Gasteiger partial charge in [-0.05, 0) is 41.8 Å². The zero-order chi connectivity index (χ0) is 19.2. The van der Waals surface area contributed by atoms with E-state index in [-0.39, 0.29) is 12.5 Å². The minimum atomic E-state index is -4.34. The Labute approximate surface area is 150 Å². The Bertz CT molecular complexity index is 713. The minimum Gasteiger partial charge on any atom is -0.489 e. The van der Waals surface area contributed by atoms with Gasteiger partial charge >= 0.3 is 6.18 Å². The van der Waals surface area contributed by atoms with Crippen molar-refractivity contribution in [3.05, 3.63) is 65.2 Å². The van der Waals surface area contributed by atoms with Gasteiger partial charge in [0.2, 0.25) is 5.91 Å². The lowest BCUT2D eigenvalue weighted by molar-refractivity contribution is -0.137. The first kappa shape index (κ1) is 19.8. The summed E-state index contributed by atoms with van der Waals surface area (Å²) in [5.74, 6) is 0.389. The van der Waals surface area contributed by atoms with Crippen LogP contribution in [0.1, 0.15) is 30.0 Å². The quantitative estimate of drug-likeness (QED) is 0.786. The first-order valence-corrected chi connectivity index (χ1v) is 8.20. The third-order valence-electron chi connectivity index (χ3n) is 3.85. The van der Waals surface area contributed by atoms with Gasteiger partial charge in [0.05, 0.1) is 11.6 Å². The Hall–Kier alpha value is -2.54. The Morgan fingerprint density at radius 3 is 2.19 bits per heavy atom. The molecule has 0 aromatic heterocycles. The predicted molar refractivity (Wildman–Crippen MR) is 92.3 cm³/mol. The number of hydrogen-bond acceptors (Lipinski definition) is 3. The van der Waals surface area contributed by atoms with Crippen LogP contribution in [0.25, 0.3) is 0 Å². The topological polar surface area (TPSA) is 64.4 Å². The fraction of sp³-hybridized carbons (Fsp3) is 0.316. The van der Waals surface area contributed by atoms with Gasteiger partial charge in [0.25, 0.3) is 0 Å². The molecule has 26 heavy (non-hydrogen) atoms. The number of carbonyl (C=O) groups is 1. The van der Waals surface area contributed by atoms with Crippen molar-refractivity contribution < 1.29 is 22.7 Å². The third-order valence-corrected chi connectivity index (χ3v) is 3.85. The molecule has 2 rings (SSSR count). The lowest BCUT2D eigenvalue weighted by Crippen LogP contribution is -2.39. The summed E-state index contributed by atoms with van der Waals surface area (Å²) in [6, 6.07) is 11.4. The van der Waals surface area contributed by atoms with Crippen molar-refractivity contribution in [2.24, 2.45) is 5.73 Å². The molecular formula is C19H21F3N2O2. The number of hydrogen-bond donors (Lipinski definition) is 2. The third kappa shape index (κ3) is 5.77. The number of ether oxygens (including phenoxy) is 1. The maximum atomic E-state index is 12.5. The second-order valence-electron chi connectivity index (χ2n) is 5.86. The van der Waals surface area contributed by atoms with E-state index in [4.69, 9.17) is 10.5 Å². The van der Waals surface area contributed by atoms with Crippen LogP contribution in [0.2, 0.25) is 0 Å². The largest absolute Gasteiger partial charge is 0.489 e. The van der Waals surface area contributed by atoms with Crippen molar-refractivity contribution in [2.45, 2.75) is 38.7 Å². The lowest BCUT2D eigenvalue weighted by Gasteiger charge is -2.11. The lowest BCUT2D eigenvalue weighted by atomic mass is 10.1. The molecule has 140 valence electrons. The van der Waals surface area contributed by atoms with E-state index in [0.29, 0.717) is 24.3 Å². The highest BCUT2D eigenvalue weighted by Gasteiger charge is 2.29. The normalized spacial score (nSPS) is 12.5. The molecular weight excluding hydrogens is 345 g/mol. The molecule has 0 fully saturated rings. The van der Waals surface area contributed by atoms with E-state index in [1.165, 1.54) is 12.1 Å². The summed E-state index contributed by atoms with van der Waals surface area (Å²) in [7, 11) is 0. The summed E-state index contributed by atoms with van der Waals surface area (Å²) in [6.07, 6.45) is -3.77. The van der Waals surface area contributed by atoms with Gasteiger partial charge in [-0.25, -0.2) is 0 Å². The molecule has 3 N–H and O–H groups in total. The van der Waals surface area contributed by atoms with Crippen LogP contribution in [0.4, 0.5) is 13.2 Å². The molecule has 1 atom stereocenters. The van der Waals surface area contributed by atoms with Crippen LogP contribution in [0.3, 0.4) is 0 Å². The number of benzene rings is 2. The van der Waals surface area contributed by atoms with Crippen LogP contribution < -0.4 is 15.8 Å². The highest BCUT2D eigenvalue weighted by Crippen LogP contribution is 2.29. The van der Waals surface area contributed by atoms with Crippen LogP contribution in [-0.2, 0) is 24.1 Å². The van der Waals surface area contributed by atoms with Crippen LogP contribution in [0, 0.1) is 0 Å². The SMILES string of the molecule is CC[C@H](N)C(=O)NCc1ccc(OCc2ccc(C(F)(F)F)cc2)cc1. The summed E-state index contributed by atoms with van der Waals surface area (Å²) < 4.78 is 43.1. The first-order chi connectivity index (χ1) is 12.3. The number of nitrogens with one attached hydrogen (secondary N) is 1. The molecule has 0 unspecified atom stereocenters. The van der Waals surface area contributed by atoms with Gasteiger partial charge in [0.1, 0.15) is 12.4 Å². The highest BCUT2D eigenvalue weighted by molar-refractivity contribution is 5.81. The maximum absolute atomic E-state index is 12.5. The summed E-state index contributed by atoms with van der Waals surface area (Å²) in [6.45, 7) is 2.37. The van der Waals surface area contributed by atoms with E-state index in [0.717, 1.165) is 17.7 Å². The average Bonchev–Trinajstić information content (AvgIpc) is 2.64. The van der Waals surface area contributed by atoms with Crippen molar-refractivity contribution in [3.63, 3.8) is 0 Å². The van der Waals surface area contributed by atoms with Gasteiger partial charge in [-0.15, -0.1) is 0 Å². The summed E-state index contributed by atoms with van der Waals surface area (Å²) >= 11 is 0.